The smallest absolute Gasteiger partial charge is 0.459 e. The van der Waals surface area contributed by atoms with E-state index in [9.17, 15) is 18.9 Å². The van der Waals surface area contributed by atoms with Crippen molar-refractivity contribution in [3.8, 4) is 5.75 Å². The van der Waals surface area contributed by atoms with Crippen LogP contribution < -0.4 is 20.9 Å². The number of hydrogen-bond acceptors (Lipinski definition) is 8. The lowest BCUT2D eigenvalue weighted by atomic mass is 10.1. The SMILES string of the molecule is CC(C)OC(=O)[C@H](C)N[P@](=O)(OCC1CC(C)C(n2ccc(=O)[nH]c2=O)O1)Oc1ccccc1. The van der Waals surface area contributed by atoms with Crippen molar-refractivity contribution in [2.75, 3.05) is 6.61 Å². The molecule has 12 heteroatoms. The lowest BCUT2D eigenvalue weighted by molar-refractivity contribution is -0.149. The Hall–Kier alpha value is -2.72. The van der Waals surface area contributed by atoms with Gasteiger partial charge < -0.3 is 14.0 Å². The number of carbonyl (C=O) groups excluding carboxylic acids is 1. The van der Waals surface area contributed by atoms with Gasteiger partial charge in [-0.15, -0.1) is 0 Å². The Labute approximate surface area is 197 Å². The summed E-state index contributed by atoms with van der Waals surface area (Å²) in [6.07, 6.45) is 0.408. The largest absolute Gasteiger partial charge is 0.462 e. The number of hydrogen-bond donors (Lipinski definition) is 2. The molecule has 3 unspecified atom stereocenters. The Kier molecular flexibility index (Phi) is 8.48. The maximum atomic E-state index is 13.6. The summed E-state index contributed by atoms with van der Waals surface area (Å²) in [7, 11) is -4.02. The summed E-state index contributed by atoms with van der Waals surface area (Å²) in [4.78, 5) is 37.9. The molecule has 1 aliphatic rings. The Morgan fingerprint density at radius 3 is 2.59 bits per heavy atom. The number of carbonyl (C=O) groups is 1. The molecule has 1 aliphatic heterocycles. The van der Waals surface area contributed by atoms with Crippen LogP contribution in [-0.4, -0.2) is 40.4 Å². The minimum absolute atomic E-state index is 0.0838. The quantitative estimate of drug-likeness (QED) is 0.376. The van der Waals surface area contributed by atoms with Crippen molar-refractivity contribution in [3.63, 3.8) is 0 Å². The highest BCUT2D eigenvalue weighted by atomic mass is 31.2. The number of nitrogens with zero attached hydrogens (tertiary/aromatic N) is 1. The van der Waals surface area contributed by atoms with E-state index < -0.39 is 43.3 Å². The highest BCUT2D eigenvalue weighted by Gasteiger charge is 2.38. The highest BCUT2D eigenvalue weighted by Crippen LogP contribution is 2.46. The van der Waals surface area contributed by atoms with Crippen LogP contribution in [0.3, 0.4) is 0 Å². The van der Waals surface area contributed by atoms with Crippen LogP contribution in [-0.2, 0) is 23.4 Å². The molecular formula is C22H30N3O8P. The predicted octanol–water partition coefficient (Wildman–Crippen LogP) is 2.59. The van der Waals surface area contributed by atoms with Gasteiger partial charge in [-0.3, -0.25) is 23.7 Å². The summed E-state index contributed by atoms with van der Waals surface area (Å²) in [5.41, 5.74) is -1.08. The molecule has 0 aliphatic carbocycles. The Morgan fingerprint density at radius 1 is 1.24 bits per heavy atom. The fourth-order valence-corrected chi connectivity index (χ4v) is 5.03. The number of nitrogens with one attached hydrogen (secondary N) is 2. The fraction of sp³-hybridized carbons (Fsp3) is 0.500. The Bertz CT molecular complexity index is 1130. The Balaban J connectivity index is 1.71. The van der Waals surface area contributed by atoms with E-state index >= 15 is 0 Å². The molecule has 0 spiro atoms. The van der Waals surface area contributed by atoms with Crippen LogP contribution in [0.4, 0.5) is 0 Å². The van der Waals surface area contributed by atoms with E-state index in [0.29, 0.717) is 12.2 Å². The number of aromatic amines is 1. The second-order valence-corrected chi connectivity index (χ2v) is 10.1. The van der Waals surface area contributed by atoms with Gasteiger partial charge in [0.15, 0.2) is 0 Å². The summed E-state index contributed by atoms with van der Waals surface area (Å²) < 4.78 is 37.3. The summed E-state index contributed by atoms with van der Waals surface area (Å²) in [5.74, 6) is -0.389. The number of para-hydroxylation sites is 1. The lowest BCUT2D eigenvalue weighted by Crippen LogP contribution is -2.36. The maximum absolute atomic E-state index is 13.6. The van der Waals surface area contributed by atoms with Crippen LogP contribution >= 0.6 is 7.75 Å². The first-order valence-corrected chi connectivity index (χ1v) is 12.5. The molecule has 2 heterocycles. The third-order valence-corrected chi connectivity index (χ3v) is 6.68. The molecule has 5 atom stereocenters. The van der Waals surface area contributed by atoms with E-state index in [2.05, 4.69) is 10.1 Å². The van der Waals surface area contributed by atoms with Gasteiger partial charge in [0.2, 0.25) is 0 Å². The fourth-order valence-electron chi connectivity index (χ4n) is 3.51. The first-order chi connectivity index (χ1) is 16.1. The third kappa shape index (κ3) is 6.89. The Morgan fingerprint density at radius 2 is 1.94 bits per heavy atom. The number of esters is 1. The molecule has 1 saturated heterocycles. The first-order valence-electron chi connectivity index (χ1n) is 11.0. The molecule has 11 nitrogen and oxygen atoms in total. The highest BCUT2D eigenvalue weighted by molar-refractivity contribution is 7.52. The minimum atomic E-state index is -4.02. The molecule has 186 valence electrons. The van der Waals surface area contributed by atoms with Gasteiger partial charge in [0.1, 0.15) is 18.0 Å². The van der Waals surface area contributed by atoms with E-state index in [1.54, 1.807) is 44.2 Å². The molecule has 1 fully saturated rings. The standard InChI is InChI=1S/C22H30N3O8P/c1-14(2)31-21(27)16(4)24-34(29,33-17-8-6-5-7-9-17)30-13-18-12-15(3)20(32-18)25-11-10-19(26)23-22(25)28/h5-11,14-16,18,20H,12-13H2,1-4H3,(H,24,29)(H,23,26,28)/t15?,16-,18?,20?,34-/m0/s1. The third-order valence-electron chi connectivity index (χ3n) is 5.04. The van der Waals surface area contributed by atoms with Gasteiger partial charge in [-0.1, -0.05) is 25.1 Å². The van der Waals surface area contributed by atoms with Crippen molar-refractivity contribution in [3.05, 3.63) is 63.4 Å². The van der Waals surface area contributed by atoms with E-state index in [1.807, 2.05) is 6.92 Å². The van der Waals surface area contributed by atoms with Gasteiger partial charge >= 0.3 is 19.4 Å². The number of H-pyrrole nitrogens is 1. The molecule has 0 saturated carbocycles. The van der Waals surface area contributed by atoms with E-state index in [4.69, 9.17) is 18.5 Å². The van der Waals surface area contributed by atoms with Gasteiger partial charge in [-0.25, -0.2) is 9.36 Å². The lowest BCUT2D eigenvalue weighted by Gasteiger charge is -2.24. The molecule has 2 N–H and O–H groups in total. The van der Waals surface area contributed by atoms with Crippen molar-refractivity contribution < 1.29 is 27.9 Å². The predicted molar refractivity (Wildman–Crippen MR) is 123 cm³/mol. The summed E-state index contributed by atoms with van der Waals surface area (Å²) in [5, 5.41) is 2.63. The molecule has 2 aromatic rings. The molecule has 0 amide bonds. The number of rotatable bonds is 10. The van der Waals surface area contributed by atoms with E-state index in [-0.39, 0.29) is 18.6 Å². The van der Waals surface area contributed by atoms with Crippen molar-refractivity contribution in [1.82, 2.24) is 14.6 Å². The van der Waals surface area contributed by atoms with Crippen molar-refractivity contribution >= 4 is 13.7 Å². The monoisotopic (exact) mass is 495 g/mol. The van der Waals surface area contributed by atoms with Gasteiger partial charge in [-0.05, 0) is 39.3 Å². The average Bonchev–Trinajstić information content (AvgIpc) is 3.13. The van der Waals surface area contributed by atoms with Crippen molar-refractivity contribution in [2.45, 2.75) is 58.6 Å². The topological polar surface area (TPSA) is 138 Å². The van der Waals surface area contributed by atoms with Crippen LogP contribution in [0.2, 0.25) is 0 Å². The zero-order chi connectivity index (χ0) is 24.9. The molecular weight excluding hydrogens is 465 g/mol. The van der Waals surface area contributed by atoms with Gasteiger partial charge in [0.25, 0.3) is 5.56 Å². The van der Waals surface area contributed by atoms with Gasteiger partial charge in [0, 0.05) is 18.2 Å². The number of aromatic nitrogens is 2. The van der Waals surface area contributed by atoms with Gasteiger partial charge in [0.05, 0.1) is 18.8 Å². The van der Waals surface area contributed by atoms with Crippen LogP contribution in [0.5, 0.6) is 5.75 Å². The molecule has 0 radical (unpaired) electrons. The summed E-state index contributed by atoms with van der Waals surface area (Å²) >= 11 is 0. The molecule has 1 aromatic heterocycles. The second-order valence-electron chi connectivity index (χ2n) is 8.41. The second kappa shape index (κ2) is 11.1. The average molecular weight is 495 g/mol. The first kappa shape index (κ1) is 25.9. The van der Waals surface area contributed by atoms with Crippen molar-refractivity contribution in [1.29, 1.82) is 0 Å². The van der Waals surface area contributed by atoms with E-state index in [0.717, 1.165) is 0 Å². The van der Waals surface area contributed by atoms with Crippen LogP contribution in [0.1, 0.15) is 40.3 Å². The molecule has 1 aromatic carbocycles. The number of ether oxygens (including phenoxy) is 2. The van der Waals surface area contributed by atoms with E-state index in [1.165, 1.54) is 23.8 Å². The van der Waals surface area contributed by atoms with Gasteiger partial charge in [-0.2, -0.15) is 5.09 Å². The molecule has 3 rings (SSSR count). The summed E-state index contributed by atoms with van der Waals surface area (Å²) in [6.45, 7) is 6.70. The summed E-state index contributed by atoms with van der Waals surface area (Å²) in [6, 6.07) is 8.71. The number of benzene rings is 1. The van der Waals surface area contributed by atoms with Crippen LogP contribution in [0.25, 0.3) is 0 Å². The minimum Gasteiger partial charge on any atom is -0.462 e. The van der Waals surface area contributed by atoms with Crippen molar-refractivity contribution in [2.24, 2.45) is 5.92 Å². The van der Waals surface area contributed by atoms with Crippen LogP contribution in [0, 0.1) is 5.92 Å². The molecule has 0 bridgehead atoms. The normalized spacial score (nSPS) is 22.8. The zero-order valence-electron chi connectivity index (χ0n) is 19.5. The maximum Gasteiger partial charge on any atom is 0.459 e. The molecule has 34 heavy (non-hydrogen) atoms. The zero-order valence-corrected chi connectivity index (χ0v) is 20.4. The van der Waals surface area contributed by atoms with Crippen LogP contribution in [0.15, 0.2) is 52.2 Å².